The largest absolute Gasteiger partial charge is 0.320 e. The molecule has 7 nitrogen and oxygen atoms in total. The fourth-order valence-electron chi connectivity index (χ4n) is 1.31. The Morgan fingerprint density at radius 1 is 1.24 bits per heavy atom. The van der Waals surface area contributed by atoms with Gasteiger partial charge < -0.3 is 5.73 Å². The molecular formula is C11H14FN3O4S2. The van der Waals surface area contributed by atoms with Gasteiger partial charge in [0.2, 0.25) is 20.0 Å². The molecule has 0 bridgehead atoms. The van der Waals surface area contributed by atoms with Crippen LogP contribution in [-0.4, -0.2) is 35.7 Å². The van der Waals surface area contributed by atoms with Crippen molar-refractivity contribution in [2.24, 2.45) is 10.9 Å². The number of sulfonamides is 2. The SMILES string of the molecule is NCC#Cc1ccc(S(=O)(=O)NCCS(N)(=O)=O)cc1F. The molecule has 0 aliphatic rings. The smallest absolute Gasteiger partial charge is 0.240 e. The third-order valence-electron chi connectivity index (χ3n) is 2.25. The predicted octanol–water partition coefficient (Wildman–Crippen LogP) is -1.30. The average Bonchev–Trinajstić information content (AvgIpc) is 2.35. The van der Waals surface area contributed by atoms with Gasteiger partial charge in [0, 0.05) is 6.54 Å². The maximum atomic E-state index is 13.7. The lowest BCUT2D eigenvalue weighted by Crippen LogP contribution is -2.31. The molecule has 0 unspecified atom stereocenters. The van der Waals surface area contributed by atoms with E-state index >= 15 is 0 Å². The highest BCUT2D eigenvalue weighted by Crippen LogP contribution is 2.14. The molecule has 1 rings (SSSR count). The number of hydrogen-bond acceptors (Lipinski definition) is 5. The van der Waals surface area contributed by atoms with E-state index in [-0.39, 0.29) is 17.0 Å². The van der Waals surface area contributed by atoms with Crippen LogP contribution in [0.4, 0.5) is 4.39 Å². The Hall–Kier alpha value is -1.51. The summed E-state index contributed by atoms with van der Waals surface area (Å²) in [4.78, 5) is -0.340. The van der Waals surface area contributed by atoms with Crippen LogP contribution in [0, 0.1) is 17.7 Å². The molecule has 0 spiro atoms. The first-order valence-electron chi connectivity index (χ1n) is 5.64. The van der Waals surface area contributed by atoms with Crippen LogP contribution < -0.4 is 15.6 Å². The lowest BCUT2D eigenvalue weighted by atomic mass is 10.2. The molecule has 0 atom stereocenters. The van der Waals surface area contributed by atoms with Gasteiger partial charge in [0.1, 0.15) is 5.82 Å². The Labute approximate surface area is 122 Å². The molecule has 0 heterocycles. The molecule has 0 aliphatic heterocycles. The van der Waals surface area contributed by atoms with Crippen molar-refractivity contribution in [1.82, 2.24) is 4.72 Å². The molecule has 21 heavy (non-hydrogen) atoms. The molecule has 0 fully saturated rings. The van der Waals surface area contributed by atoms with Crippen molar-refractivity contribution in [2.45, 2.75) is 4.90 Å². The summed E-state index contributed by atoms with van der Waals surface area (Å²) in [6.45, 7) is -0.355. The Kier molecular flexibility index (Phi) is 5.82. The molecule has 0 aromatic heterocycles. The molecule has 0 aliphatic carbocycles. The maximum absolute atomic E-state index is 13.7. The fraction of sp³-hybridized carbons (Fsp3) is 0.273. The van der Waals surface area contributed by atoms with Crippen molar-refractivity contribution in [2.75, 3.05) is 18.8 Å². The lowest BCUT2D eigenvalue weighted by molar-refractivity contribution is 0.577. The lowest BCUT2D eigenvalue weighted by Gasteiger charge is -2.06. The van der Waals surface area contributed by atoms with Crippen molar-refractivity contribution < 1.29 is 21.2 Å². The van der Waals surface area contributed by atoms with E-state index in [4.69, 9.17) is 10.9 Å². The van der Waals surface area contributed by atoms with E-state index < -0.39 is 38.2 Å². The molecule has 10 heteroatoms. The van der Waals surface area contributed by atoms with Crippen LogP contribution in [0.2, 0.25) is 0 Å². The zero-order chi connectivity index (χ0) is 16.1. The van der Waals surface area contributed by atoms with Crippen LogP contribution in [-0.2, 0) is 20.0 Å². The number of rotatable bonds is 5. The van der Waals surface area contributed by atoms with Gasteiger partial charge in [0.25, 0.3) is 0 Å². The second-order valence-electron chi connectivity index (χ2n) is 3.91. The van der Waals surface area contributed by atoms with Crippen LogP contribution >= 0.6 is 0 Å². The van der Waals surface area contributed by atoms with Gasteiger partial charge in [0.15, 0.2) is 0 Å². The van der Waals surface area contributed by atoms with Gasteiger partial charge in [-0.3, -0.25) is 0 Å². The Bertz CT molecular complexity index is 779. The van der Waals surface area contributed by atoms with Gasteiger partial charge in [-0.25, -0.2) is 31.1 Å². The van der Waals surface area contributed by atoms with Crippen LogP contribution in [0.1, 0.15) is 5.56 Å². The highest BCUT2D eigenvalue weighted by Gasteiger charge is 2.16. The van der Waals surface area contributed by atoms with E-state index in [0.717, 1.165) is 12.1 Å². The van der Waals surface area contributed by atoms with Crippen molar-refractivity contribution in [3.8, 4) is 11.8 Å². The quantitative estimate of drug-likeness (QED) is 0.576. The van der Waals surface area contributed by atoms with Crippen LogP contribution in [0.15, 0.2) is 23.1 Å². The van der Waals surface area contributed by atoms with Gasteiger partial charge in [-0.15, -0.1) is 0 Å². The second kappa shape index (κ2) is 6.97. The summed E-state index contributed by atoms with van der Waals surface area (Å²) in [5, 5.41) is 4.75. The number of primary sulfonamides is 1. The molecule has 0 saturated carbocycles. The molecule has 1 aromatic rings. The zero-order valence-electron chi connectivity index (χ0n) is 10.8. The highest BCUT2D eigenvalue weighted by atomic mass is 32.2. The minimum Gasteiger partial charge on any atom is -0.320 e. The van der Waals surface area contributed by atoms with Crippen molar-refractivity contribution in [1.29, 1.82) is 0 Å². The number of nitrogens with two attached hydrogens (primary N) is 2. The topological polar surface area (TPSA) is 132 Å². The number of hydrogen-bond donors (Lipinski definition) is 3. The third kappa shape index (κ3) is 5.78. The van der Waals surface area contributed by atoms with Gasteiger partial charge >= 0.3 is 0 Å². The van der Waals surface area contributed by atoms with Crippen molar-refractivity contribution in [3.63, 3.8) is 0 Å². The standard InChI is InChI=1S/C11H14FN3O4S2/c12-11-8-10(4-3-9(11)2-1-5-13)21(18,19)15-6-7-20(14,16)17/h3-4,8,15H,5-7,13H2,(H2,14,16,17). The Balaban J connectivity index is 2.92. The molecule has 0 saturated heterocycles. The number of halogens is 1. The molecule has 1 aromatic carbocycles. The van der Waals surface area contributed by atoms with Gasteiger partial charge in [-0.2, -0.15) is 0 Å². The highest BCUT2D eigenvalue weighted by molar-refractivity contribution is 7.90. The predicted molar refractivity (Wildman–Crippen MR) is 75.5 cm³/mol. The van der Waals surface area contributed by atoms with E-state index in [1.54, 1.807) is 0 Å². The third-order valence-corrected chi connectivity index (χ3v) is 4.49. The van der Waals surface area contributed by atoms with E-state index in [1.165, 1.54) is 6.07 Å². The summed E-state index contributed by atoms with van der Waals surface area (Å²) in [7, 11) is -7.81. The second-order valence-corrected chi connectivity index (χ2v) is 7.41. The van der Waals surface area contributed by atoms with Crippen LogP contribution in [0.5, 0.6) is 0 Å². The zero-order valence-corrected chi connectivity index (χ0v) is 12.5. The summed E-state index contributed by atoms with van der Waals surface area (Å²) in [6, 6.07) is 3.15. The van der Waals surface area contributed by atoms with E-state index in [2.05, 4.69) is 11.8 Å². The minimum absolute atomic E-state index is 0.0175. The van der Waals surface area contributed by atoms with Gasteiger partial charge in [0.05, 0.1) is 22.8 Å². The Morgan fingerprint density at radius 2 is 1.90 bits per heavy atom. The molecule has 116 valence electrons. The summed E-state index contributed by atoms with van der Waals surface area (Å²) in [5.74, 6) is 3.52. The minimum atomic E-state index is -4.03. The van der Waals surface area contributed by atoms with E-state index in [0.29, 0.717) is 0 Å². The van der Waals surface area contributed by atoms with Crippen LogP contribution in [0.25, 0.3) is 0 Å². The summed E-state index contributed by atoms with van der Waals surface area (Å²) >= 11 is 0. The molecule has 0 amide bonds. The summed E-state index contributed by atoms with van der Waals surface area (Å²) in [5.41, 5.74) is 5.17. The van der Waals surface area contributed by atoms with Crippen LogP contribution in [0.3, 0.4) is 0 Å². The first-order valence-corrected chi connectivity index (χ1v) is 8.84. The van der Waals surface area contributed by atoms with E-state index in [9.17, 15) is 21.2 Å². The van der Waals surface area contributed by atoms with Gasteiger partial charge in [-0.05, 0) is 18.2 Å². The fourth-order valence-corrected chi connectivity index (χ4v) is 2.87. The van der Waals surface area contributed by atoms with E-state index in [1.807, 2.05) is 4.72 Å². The number of nitrogens with one attached hydrogen (secondary N) is 1. The summed E-state index contributed by atoms with van der Waals surface area (Å²) in [6.07, 6.45) is 0. The van der Waals surface area contributed by atoms with Crippen molar-refractivity contribution >= 4 is 20.0 Å². The first kappa shape index (κ1) is 17.5. The summed E-state index contributed by atoms with van der Waals surface area (Å²) < 4.78 is 60.7. The monoisotopic (exact) mass is 335 g/mol. The molecule has 0 radical (unpaired) electrons. The Morgan fingerprint density at radius 3 is 2.43 bits per heavy atom. The maximum Gasteiger partial charge on any atom is 0.240 e. The normalized spacial score (nSPS) is 11.8. The molecular weight excluding hydrogens is 321 g/mol. The van der Waals surface area contributed by atoms with Crippen molar-refractivity contribution in [3.05, 3.63) is 29.6 Å². The molecule has 5 N–H and O–H groups in total. The first-order chi connectivity index (χ1) is 9.65. The average molecular weight is 335 g/mol. The number of benzene rings is 1. The van der Waals surface area contributed by atoms with Gasteiger partial charge in [-0.1, -0.05) is 11.8 Å².